The Bertz CT molecular complexity index is 1980. The number of hydrogen-bond acceptors (Lipinski definition) is 7. The number of likely N-dealkylation sites (tertiary alicyclic amines) is 1. The van der Waals surface area contributed by atoms with E-state index in [-0.39, 0.29) is 11.5 Å². The van der Waals surface area contributed by atoms with Crippen molar-refractivity contribution in [3.05, 3.63) is 93.6 Å². The molecule has 2 aliphatic rings. The van der Waals surface area contributed by atoms with E-state index in [0.717, 1.165) is 66.7 Å². The minimum absolute atomic E-state index is 0.00284. The largest absolute Gasteiger partial charge is 0.573 e. The van der Waals surface area contributed by atoms with Crippen molar-refractivity contribution in [1.29, 1.82) is 0 Å². The minimum atomic E-state index is -4.78. The molecular weight excluding hydrogens is 766 g/mol. The molecule has 6 rings (SSSR count). The quantitative estimate of drug-likeness (QED) is 0.143. The van der Waals surface area contributed by atoms with Gasteiger partial charge in [-0.3, -0.25) is 14.6 Å². The van der Waals surface area contributed by atoms with Crippen molar-refractivity contribution in [3.8, 4) is 11.4 Å². The summed E-state index contributed by atoms with van der Waals surface area (Å²) in [5.74, 6) is -0.282. The van der Waals surface area contributed by atoms with Crippen LogP contribution in [0.15, 0.2) is 66.9 Å². The molecule has 0 saturated carbocycles. The number of nitrogens with two attached hydrogens (primary N) is 1. The van der Waals surface area contributed by atoms with E-state index in [1.54, 1.807) is 17.0 Å². The number of carbonyl (C=O) groups is 2. The van der Waals surface area contributed by atoms with Crippen LogP contribution >= 0.6 is 23.2 Å². The van der Waals surface area contributed by atoms with E-state index in [9.17, 15) is 22.8 Å². The Morgan fingerprint density at radius 3 is 2.07 bits per heavy atom. The average molecular weight is 817 g/mol. The van der Waals surface area contributed by atoms with Crippen molar-refractivity contribution >= 4 is 46.0 Å². The number of nitrogens with zero attached hydrogens (tertiary/aromatic N) is 4. The molecule has 2 N–H and O–H groups in total. The fourth-order valence-corrected chi connectivity index (χ4v) is 7.99. The zero-order valence-electron chi connectivity index (χ0n) is 32.1. The van der Waals surface area contributed by atoms with Gasteiger partial charge >= 0.3 is 12.5 Å². The number of Topliss-reactive ketones (excluding diaryl/α,β-unsaturated/α-hetero) is 1. The number of hydrogen-bond donors (Lipinski definition) is 1. The van der Waals surface area contributed by atoms with Gasteiger partial charge in [-0.2, -0.15) is 0 Å². The smallest absolute Gasteiger partial charge is 0.444 e. The van der Waals surface area contributed by atoms with Gasteiger partial charge in [-0.15, -0.1) is 13.2 Å². The highest BCUT2D eigenvalue weighted by molar-refractivity contribution is 6.36. The van der Waals surface area contributed by atoms with Crippen LogP contribution in [0.3, 0.4) is 0 Å². The fourth-order valence-electron chi connectivity index (χ4n) is 7.48. The molecular formula is C42H50Cl2F3N5O4. The summed E-state index contributed by atoms with van der Waals surface area (Å²) in [6, 6.07) is 17.9. The maximum Gasteiger partial charge on any atom is 0.573 e. The maximum absolute atomic E-state index is 13.3. The van der Waals surface area contributed by atoms with Gasteiger partial charge in [0.2, 0.25) is 0 Å². The zero-order valence-corrected chi connectivity index (χ0v) is 33.7. The van der Waals surface area contributed by atoms with Crippen LogP contribution in [0.1, 0.15) is 69.6 Å². The van der Waals surface area contributed by atoms with Gasteiger partial charge in [-0.05, 0) is 106 Å². The average Bonchev–Trinajstić information content (AvgIpc) is 3.49. The molecule has 2 fully saturated rings. The number of aromatic nitrogens is 1. The first-order valence-corrected chi connectivity index (χ1v) is 19.9. The van der Waals surface area contributed by atoms with Gasteiger partial charge in [0.25, 0.3) is 0 Å². The number of unbranched alkanes of at least 4 members (excludes halogenated alkanes) is 1. The number of ether oxygens (including phenoxy) is 2. The number of aryl methyl sites for hydroxylation is 1. The summed E-state index contributed by atoms with van der Waals surface area (Å²) in [6.45, 7) is 11.1. The number of alkyl halides is 3. The summed E-state index contributed by atoms with van der Waals surface area (Å²) in [6.07, 6.45) is 0.0772. The molecule has 9 nitrogen and oxygen atoms in total. The summed E-state index contributed by atoms with van der Waals surface area (Å²) < 4.78 is 50.3. The Balaban J connectivity index is 1.10. The second-order valence-electron chi connectivity index (χ2n) is 15.9. The van der Waals surface area contributed by atoms with E-state index in [4.69, 9.17) is 33.7 Å². The fraction of sp³-hybridized carbons (Fsp3) is 0.476. The molecule has 0 bridgehead atoms. The number of carbonyl (C=O) groups excluding carboxylic acids is 2. The van der Waals surface area contributed by atoms with Crippen LogP contribution in [0.4, 0.5) is 18.0 Å². The Kier molecular flexibility index (Phi) is 13.0. The summed E-state index contributed by atoms with van der Waals surface area (Å²) in [7, 11) is 0. The van der Waals surface area contributed by atoms with Gasteiger partial charge in [-0.25, -0.2) is 4.79 Å². The number of fused-ring (bicyclic) bond motifs is 1. The summed E-state index contributed by atoms with van der Waals surface area (Å²) in [5, 5.41) is 2.39. The molecule has 3 heterocycles. The van der Waals surface area contributed by atoms with Gasteiger partial charge in [-0.1, -0.05) is 41.4 Å². The molecule has 2 saturated heterocycles. The van der Waals surface area contributed by atoms with Crippen molar-refractivity contribution < 1.29 is 32.2 Å². The number of halogens is 5. The molecule has 0 radical (unpaired) electrons. The monoisotopic (exact) mass is 815 g/mol. The molecule has 14 heteroatoms. The van der Waals surface area contributed by atoms with E-state index < -0.39 is 23.6 Å². The molecule has 0 atom stereocenters. The summed E-state index contributed by atoms with van der Waals surface area (Å²) >= 11 is 12.9. The van der Waals surface area contributed by atoms with Crippen molar-refractivity contribution in [3.63, 3.8) is 0 Å². The van der Waals surface area contributed by atoms with Crippen LogP contribution < -0.4 is 10.5 Å². The Morgan fingerprint density at radius 1 is 0.839 bits per heavy atom. The number of piperidine rings is 1. The normalized spacial score (nSPS) is 17.0. The van der Waals surface area contributed by atoms with Crippen molar-refractivity contribution in [2.75, 3.05) is 39.3 Å². The van der Waals surface area contributed by atoms with Gasteiger partial charge in [0.05, 0.1) is 11.1 Å². The summed E-state index contributed by atoms with van der Waals surface area (Å²) in [5.41, 5.74) is 9.82. The van der Waals surface area contributed by atoms with Crippen LogP contribution in [-0.4, -0.2) is 87.9 Å². The molecule has 0 spiro atoms. The molecule has 56 heavy (non-hydrogen) atoms. The number of rotatable bonds is 12. The molecule has 2 aliphatic heterocycles. The van der Waals surface area contributed by atoms with E-state index in [1.165, 1.54) is 12.1 Å². The van der Waals surface area contributed by atoms with Crippen LogP contribution in [0.25, 0.3) is 16.6 Å². The molecule has 0 aliphatic carbocycles. The third kappa shape index (κ3) is 10.8. The number of piperazine rings is 1. The second-order valence-corrected chi connectivity index (χ2v) is 16.7. The molecule has 3 aromatic carbocycles. The van der Waals surface area contributed by atoms with Crippen LogP contribution in [0.5, 0.6) is 5.75 Å². The minimum Gasteiger partial charge on any atom is -0.444 e. The Labute approximate surface area is 336 Å². The van der Waals surface area contributed by atoms with Gasteiger partial charge in [0, 0.05) is 91.7 Å². The first kappa shape index (κ1) is 41.8. The summed E-state index contributed by atoms with van der Waals surface area (Å²) in [4.78, 5) is 32.2. The first-order chi connectivity index (χ1) is 26.5. The van der Waals surface area contributed by atoms with Gasteiger partial charge in [0.1, 0.15) is 11.4 Å². The van der Waals surface area contributed by atoms with Crippen molar-refractivity contribution in [2.45, 2.75) is 89.9 Å². The molecule has 1 aromatic heterocycles. The first-order valence-electron chi connectivity index (χ1n) is 19.1. The molecule has 1 amide bonds. The predicted octanol–water partition coefficient (Wildman–Crippen LogP) is 9.16. The standard InChI is InChI=1S/C42H50Cl2F3N5O4/c1-40(2,3)56-39(54)51-19-17-41(48,18-20-51)38(53)10-5-4-7-30-27-52(31-12-14-32(15-13-31)55-42(45,46)47)37-25-29(11-16-33(30)37)26-49-21-23-50(24-22-49)28-34-35(43)8-6-9-36(34)44/h6,8-9,11-16,25,27H,4-5,7,10,17-24,26,28,48H2,1-3H3. The van der Waals surface area contributed by atoms with Crippen LogP contribution in [0, 0.1) is 0 Å². The third-order valence-corrected chi connectivity index (χ3v) is 11.3. The van der Waals surface area contributed by atoms with Crippen LogP contribution in [-0.2, 0) is 29.0 Å². The SMILES string of the molecule is CC(C)(C)OC(=O)N1CCC(N)(C(=O)CCCCc2cn(-c3ccc(OC(F)(F)F)cc3)c3cc(CN4CCN(Cc5c(Cl)cccc5Cl)CC4)ccc23)CC1. The highest BCUT2D eigenvalue weighted by Crippen LogP contribution is 2.32. The van der Waals surface area contributed by atoms with E-state index in [2.05, 4.69) is 32.7 Å². The second kappa shape index (κ2) is 17.4. The predicted molar refractivity (Wildman–Crippen MR) is 213 cm³/mol. The molecule has 302 valence electrons. The van der Waals surface area contributed by atoms with Gasteiger partial charge in [0.15, 0.2) is 5.78 Å². The Hall–Kier alpha value is -3.81. The lowest BCUT2D eigenvalue weighted by atomic mass is 9.82. The lowest BCUT2D eigenvalue weighted by molar-refractivity contribution is -0.274. The number of ketones is 1. The third-order valence-electron chi connectivity index (χ3n) is 10.6. The molecule has 4 aromatic rings. The highest BCUT2D eigenvalue weighted by atomic mass is 35.5. The van der Waals surface area contributed by atoms with E-state index >= 15 is 0 Å². The van der Waals surface area contributed by atoms with Crippen molar-refractivity contribution in [2.24, 2.45) is 5.73 Å². The van der Waals surface area contributed by atoms with Crippen LogP contribution in [0.2, 0.25) is 10.0 Å². The topological polar surface area (TPSA) is 93.3 Å². The van der Waals surface area contributed by atoms with E-state index in [1.807, 2.05) is 49.7 Å². The Morgan fingerprint density at radius 2 is 1.46 bits per heavy atom. The highest BCUT2D eigenvalue weighted by Gasteiger charge is 2.39. The van der Waals surface area contributed by atoms with Crippen molar-refractivity contribution in [1.82, 2.24) is 19.3 Å². The number of amides is 1. The number of benzene rings is 3. The lowest BCUT2D eigenvalue weighted by Gasteiger charge is -2.38. The van der Waals surface area contributed by atoms with Gasteiger partial charge < -0.3 is 24.7 Å². The molecule has 0 unspecified atom stereocenters. The van der Waals surface area contributed by atoms with E-state index in [0.29, 0.717) is 67.5 Å². The zero-order chi connectivity index (χ0) is 40.3. The maximum atomic E-state index is 13.3. The lowest BCUT2D eigenvalue weighted by Crippen LogP contribution is -2.56.